The second-order valence-corrected chi connectivity index (χ2v) is 10.9. The van der Waals surface area contributed by atoms with Crippen LogP contribution in [-0.4, -0.2) is 40.7 Å². The van der Waals surface area contributed by atoms with Crippen LogP contribution >= 0.6 is 11.6 Å². The Hall–Kier alpha value is -3.35. The number of benzene rings is 3. The fourth-order valence-corrected chi connectivity index (χ4v) is 4.58. The van der Waals surface area contributed by atoms with Gasteiger partial charge in [-0.3, -0.25) is 4.79 Å². The molecule has 1 heterocycles. The number of likely N-dealkylation sites (tertiary alicyclic amines) is 1. The van der Waals surface area contributed by atoms with Gasteiger partial charge in [0, 0.05) is 35.3 Å². The van der Waals surface area contributed by atoms with E-state index in [-0.39, 0.29) is 17.9 Å². The predicted molar refractivity (Wildman–Crippen MR) is 147 cm³/mol. The third-order valence-electron chi connectivity index (χ3n) is 6.39. The summed E-state index contributed by atoms with van der Waals surface area (Å²) >= 11 is 5.96. The second-order valence-electron chi connectivity index (χ2n) is 10.4. The topological polar surface area (TPSA) is 78.9 Å². The third kappa shape index (κ3) is 7.12. The Bertz CT molecular complexity index is 1220. The first-order valence-electron chi connectivity index (χ1n) is 12.5. The summed E-state index contributed by atoms with van der Waals surface area (Å²) in [4.78, 5) is 26.9. The van der Waals surface area contributed by atoms with Gasteiger partial charge in [-0.1, -0.05) is 48.0 Å². The summed E-state index contributed by atoms with van der Waals surface area (Å²) in [7, 11) is 0. The lowest BCUT2D eigenvalue weighted by atomic mass is 9.88. The SMILES string of the molecule is CC(C)(C)OC(=O)N1CCCC(C(O)c2ccc(NC(=O)c3ccc(-c4ccc(Cl)cc4)cc3)cc2)C1. The van der Waals surface area contributed by atoms with Crippen molar-refractivity contribution in [1.29, 1.82) is 0 Å². The zero-order valence-corrected chi connectivity index (χ0v) is 22.2. The molecule has 2 atom stereocenters. The van der Waals surface area contributed by atoms with Gasteiger partial charge >= 0.3 is 6.09 Å². The average molecular weight is 521 g/mol. The Balaban J connectivity index is 1.35. The predicted octanol–water partition coefficient (Wildman–Crippen LogP) is 6.94. The van der Waals surface area contributed by atoms with Gasteiger partial charge in [-0.2, -0.15) is 0 Å². The van der Waals surface area contributed by atoms with Gasteiger partial charge in [-0.15, -0.1) is 0 Å². The van der Waals surface area contributed by atoms with Gasteiger partial charge in [0.15, 0.2) is 0 Å². The van der Waals surface area contributed by atoms with Gasteiger partial charge in [0.2, 0.25) is 0 Å². The first-order valence-corrected chi connectivity index (χ1v) is 12.9. The van der Waals surface area contributed by atoms with Crippen LogP contribution in [0.5, 0.6) is 0 Å². The summed E-state index contributed by atoms with van der Waals surface area (Å²) in [6.07, 6.45) is 0.579. The van der Waals surface area contributed by atoms with Gasteiger partial charge in [0.05, 0.1) is 6.10 Å². The number of aliphatic hydroxyl groups excluding tert-OH is 1. The molecule has 0 saturated carbocycles. The zero-order chi connectivity index (χ0) is 26.6. The number of hydrogen-bond donors (Lipinski definition) is 2. The molecule has 194 valence electrons. The number of anilines is 1. The minimum atomic E-state index is -0.713. The molecule has 7 heteroatoms. The van der Waals surface area contributed by atoms with Crippen LogP contribution in [0.3, 0.4) is 0 Å². The largest absolute Gasteiger partial charge is 0.444 e. The van der Waals surface area contributed by atoms with E-state index >= 15 is 0 Å². The molecule has 1 aliphatic rings. The number of rotatable bonds is 5. The highest BCUT2D eigenvalue weighted by atomic mass is 35.5. The van der Waals surface area contributed by atoms with E-state index in [1.807, 2.05) is 69.3 Å². The molecule has 0 aromatic heterocycles. The standard InChI is InChI=1S/C30H33ClN2O4/c1-30(2,3)37-29(36)33-18-4-5-24(19-33)27(34)22-12-16-26(17-13-22)32-28(35)23-8-6-20(7-9-23)21-10-14-25(31)15-11-21/h6-17,24,27,34H,4-5,18-19H2,1-3H3,(H,32,35). The van der Waals surface area contributed by atoms with Crippen LogP contribution in [0.15, 0.2) is 72.8 Å². The van der Waals surface area contributed by atoms with E-state index in [1.165, 1.54) is 0 Å². The fourth-order valence-electron chi connectivity index (χ4n) is 4.46. The van der Waals surface area contributed by atoms with Crippen molar-refractivity contribution >= 4 is 29.3 Å². The number of piperidine rings is 1. The Morgan fingerprint density at radius 3 is 2.16 bits per heavy atom. The van der Waals surface area contributed by atoms with E-state index in [0.717, 1.165) is 29.5 Å². The summed E-state index contributed by atoms with van der Waals surface area (Å²) < 4.78 is 5.49. The number of amides is 2. The molecule has 1 saturated heterocycles. The molecule has 0 aliphatic carbocycles. The monoisotopic (exact) mass is 520 g/mol. The van der Waals surface area contributed by atoms with Gasteiger partial charge in [0.25, 0.3) is 5.91 Å². The number of carbonyl (C=O) groups excluding carboxylic acids is 2. The normalized spacial score (nSPS) is 16.7. The number of carbonyl (C=O) groups is 2. The molecule has 37 heavy (non-hydrogen) atoms. The molecule has 0 bridgehead atoms. The quantitative estimate of drug-likeness (QED) is 0.382. The van der Waals surface area contributed by atoms with Crippen LogP contribution < -0.4 is 5.32 Å². The molecule has 2 amide bonds. The van der Waals surface area contributed by atoms with Crippen molar-refractivity contribution < 1.29 is 19.4 Å². The molecular formula is C30H33ClN2O4. The van der Waals surface area contributed by atoms with E-state index in [4.69, 9.17) is 16.3 Å². The van der Waals surface area contributed by atoms with Crippen LogP contribution in [0.4, 0.5) is 10.5 Å². The lowest BCUT2D eigenvalue weighted by Crippen LogP contribution is -2.44. The molecule has 0 spiro atoms. The molecule has 6 nitrogen and oxygen atoms in total. The number of ether oxygens (including phenoxy) is 1. The molecule has 3 aromatic carbocycles. The summed E-state index contributed by atoms with van der Waals surface area (Å²) in [5.74, 6) is -0.294. The van der Waals surface area contributed by atoms with Crippen LogP contribution in [0, 0.1) is 5.92 Å². The summed E-state index contributed by atoms with van der Waals surface area (Å²) in [5, 5.41) is 14.6. The summed E-state index contributed by atoms with van der Waals surface area (Å²) in [5.41, 5.74) is 3.41. The average Bonchev–Trinajstić information content (AvgIpc) is 2.88. The Kier molecular flexibility index (Phi) is 8.20. The van der Waals surface area contributed by atoms with Gasteiger partial charge in [-0.05, 0) is 86.7 Å². The van der Waals surface area contributed by atoms with E-state index in [9.17, 15) is 14.7 Å². The Morgan fingerprint density at radius 2 is 1.57 bits per heavy atom. The molecular weight excluding hydrogens is 488 g/mol. The zero-order valence-electron chi connectivity index (χ0n) is 21.4. The van der Waals surface area contributed by atoms with Gasteiger partial charge < -0.3 is 20.1 Å². The van der Waals surface area contributed by atoms with Crippen LogP contribution in [0.25, 0.3) is 11.1 Å². The minimum absolute atomic E-state index is 0.0825. The maximum absolute atomic E-state index is 12.7. The van der Waals surface area contributed by atoms with Crippen molar-refractivity contribution in [3.05, 3.63) is 88.9 Å². The van der Waals surface area contributed by atoms with Crippen molar-refractivity contribution in [2.75, 3.05) is 18.4 Å². The maximum Gasteiger partial charge on any atom is 0.410 e. The molecule has 1 fully saturated rings. The first-order chi connectivity index (χ1) is 17.6. The molecule has 2 N–H and O–H groups in total. The van der Waals surface area contributed by atoms with E-state index < -0.39 is 11.7 Å². The number of nitrogens with zero attached hydrogens (tertiary/aromatic N) is 1. The van der Waals surface area contributed by atoms with Crippen molar-refractivity contribution in [2.45, 2.75) is 45.3 Å². The molecule has 4 rings (SSSR count). The van der Waals surface area contributed by atoms with Crippen LogP contribution in [0.2, 0.25) is 5.02 Å². The molecule has 0 radical (unpaired) electrons. The fraction of sp³-hybridized carbons (Fsp3) is 0.333. The van der Waals surface area contributed by atoms with Crippen LogP contribution in [-0.2, 0) is 4.74 Å². The Labute approximate surface area is 223 Å². The molecule has 3 aromatic rings. The molecule has 1 aliphatic heterocycles. The molecule has 2 unspecified atom stereocenters. The van der Waals surface area contributed by atoms with Crippen molar-refractivity contribution in [3.8, 4) is 11.1 Å². The highest BCUT2D eigenvalue weighted by Gasteiger charge is 2.31. The lowest BCUT2D eigenvalue weighted by Gasteiger charge is -2.36. The first kappa shape index (κ1) is 26.7. The minimum Gasteiger partial charge on any atom is -0.444 e. The summed E-state index contributed by atoms with van der Waals surface area (Å²) in [6, 6.07) is 22.1. The number of hydrogen-bond acceptors (Lipinski definition) is 4. The number of halogens is 1. The lowest BCUT2D eigenvalue weighted by molar-refractivity contribution is 0.00238. The van der Waals surface area contributed by atoms with E-state index in [2.05, 4.69) is 5.32 Å². The van der Waals surface area contributed by atoms with Crippen LogP contribution in [0.1, 0.15) is 55.6 Å². The third-order valence-corrected chi connectivity index (χ3v) is 6.64. The highest BCUT2D eigenvalue weighted by Crippen LogP contribution is 2.31. The highest BCUT2D eigenvalue weighted by molar-refractivity contribution is 6.30. The van der Waals surface area contributed by atoms with Crippen molar-refractivity contribution in [2.24, 2.45) is 5.92 Å². The summed E-state index contributed by atoms with van der Waals surface area (Å²) in [6.45, 7) is 6.61. The van der Waals surface area contributed by atoms with Gasteiger partial charge in [-0.25, -0.2) is 4.79 Å². The van der Waals surface area contributed by atoms with Crippen molar-refractivity contribution in [3.63, 3.8) is 0 Å². The van der Waals surface area contributed by atoms with E-state index in [1.54, 1.807) is 29.2 Å². The van der Waals surface area contributed by atoms with E-state index in [0.29, 0.717) is 29.4 Å². The van der Waals surface area contributed by atoms with Crippen molar-refractivity contribution in [1.82, 2.24) is 4.90 Å². The number of aliphatic hydroxyl groups is 1. The maximum atomic E-state index is 12.7. The Morgan fingerprint density at radius 1 is 0.973 bits per heavy atom. The smallest absolute Gasteiger partial charge is 0.410 e. The second kappa shape index (κ2) is 11.4. The van der Waals surface area contributed by atoms with Gasteiger partial charge in [0.1, 0.15) is 5.60 Å². The number of nitrogens with one attached hydrogen (secondary N) is 1.